The number of quaternary nitrogens is 1. The van der Waals surface area contributed by atoms with Crippen LogP contribution >= 0.6 is 0 Å². The molecule has 0 saturated carbocycles. The molecule has 0 aliphatic carbocycles. The first-order valence-electron chi connectivity index (χ1n) is 7.84. The first-order valence-corrected chi connectivity index (χ1v) is 7.84. The molecule has 0 spiro atoms. The topological polar surface area (TPSA) is 29.5 Å². The smallest absolute Gasteiger partial charge is 0.142 e. The van der Waals surface area contributed by atoms with Gasteiger partial charge >= 0.3 is 0 Å². The number of benzene rings is 3. The highest BCUT2D eigenvalue weighted by Crippen LogP contribution is 2.37. The number of hydrogen-bond donors (Lipinski definition) is 1. The van der Waals surface area contributed by atoms with Crippen molar-refractivity contribution < 1.29 is 5.32 Å². The maximum atomic E-state index is 4.83. The molecule has 1 aromatic heterocycles. The van der Waals surface area contributed by atoms with Crippen LogP contribution in [-0.4, -0.2) is 4.98 Å². The van der Waals surface area contributed by atoms with E-state index in [-0.39, 0.29) is 0 Å². The highest BCUT2D eigenvalue weighted by atomic mass is 14.9. The number of nitrogens with zero attached hydrogens (tertiary/aromatic N) is 1. The minimum atomic E-state index is 1.05. The van der Waals surface area contributed by atoms with Gasteiger partial charge < -0.3 is 0 Å². The first kappa shape index (κ1) is 12.6. The number of para-hydroxylation sites is 3. The Balaban J connectivity index is 1.93. The number of rotatable bonds is 1. The van der Waals surface area contributed by atoms with Crippen molar-refractivity contribution >= 4 is 33.1 Å². The van der Waals surface area contributed by atoms with E-state index in [4.69, 9.17) is 4.98 Å². The van der Waals surface area contributed by atoms with Gasteiger partial charge in [0.25, 0.3) is 0 Å². The summed E-state index contributed by atoms with van der Waals surface area (Å²) in [5.41, 5.74) is 7.25. The summed E-state index contributed by atoms with van der Waals surface area (Å²) in [7, 11) is 0. The van der Waals surface area contributed by atoms with Gasteiger partial charge in [0.15, 0.2) is 0 Å². The highest BCUT2D eigenvalue weighted by molar-refractivity contribution is 6.09. The fourth-order valence-electron chi connectivity index (χ4n) is 3.50. The van der Waals surface area contributed by atoms with Gasteiger partial charge in [0, 0.05) is 33.5 Å². The van der Waals surface area contributed by atoms with Crippen molar-refractivity contribution in [2.75, 3.05) is 0 Å². The zero-order valence-corrected chi connectivity index (χ0v) is 12.5. The molecule has 0 saturated heterocycles. The second-order valence-electron chi connectivity index (χ2n) is 5.86. The summed E-state index contributed by atoms with van der Waals surface area (Å²) < 4.78 is 0. The van der Waals surface area contributed by atoms with Crippen LogP contribution in [-0.2, 0) is 0 Å². The Morgan fingerprint density at radius 2 is 1.26 bits per heavy atom. The van der Waals surface area contributed by atoms with Gasteiger partial charge in [0.2, 0.25) is 0 Å². The Kier molecular flexibility index (Phi) is 2.60. The predicted octanol–water partition coefficient (Wildman–Crippen LogP) is 3.99. The Hall–Kier alpha value is -2.97. The van der Waals surface area contributed by atoms with Crippen LogP contribution in [0.1, 0.15) is 11.1 Å². The van der Waals surface area contributed by atoms with Gasteiger partial charge in [0.1, 0.15) is 11.9 Å². The summed E-state index contributed by atoms with van der Waals surface area (Å²) in [6.45, 7) is 0. The molecule has 0 atom stereocenters. The number of pyridine rings is 1. The molecule has 0 amide bonds. The van der Waals surface area contributed by atoms with Crippen molar-refractivity contribution in [3.05, 3.63) is 90.1 Å². The van der Waals surface area contributed by atoms with Crippen molar-refractivity contribution in [3.63, 3.8) is 0 Å². The number of aromatic nitrogens is 1. The summed E-state index contributed by atoms with van der Waals surface area (Å²) >= 11 is 0. The zero-order chi connectivity index (χ0) is 15.2. The second kappa shape index (κ2) is 4.77. The third-order valence-electron chi connectivity index (χ3n) is 4.54. The normalized spacial score (nSPS) is 13.3. The van der Waals surface area contributed by atoms with Crippen LogP contribution in [0.15, 0.2) is 79.0 Å². The molecule has 4 aromatic rings. The van der Waals surface area contributed by atoms with Crippen LogP contribution in [0.3, 0.4) is 0 Å². The molecule has 0 unspecified atom stereocenters. The summed E-state index contributed by atoms with van der Waals surface area (Å²) in [6.07, 6.45) is 2.24. The Labute approximate surface area is 134 Å². The third-order valence-corrected chi connectivity index (χ3v) is 4.54. The minimum absolute atomic E-state index is 1.05. The molecule has 3 aromatic carbocycles. The van der Waals surface area contributed by atoms with Gasteiger partial charge in [-0.05, 0) is 18.2 Å². The molecule has 1 aliphatic rings. The van der Waals surface area contributed by atoms with E-state index in [9.17, 15) is 0 Å². The van der Waals surface area contributed by atoms with Crippen molar-refractivity contribution in [2.45, 2.75) is 0 Å². The van der Waals surface area contributed by atoms with Gasteiger partial charge in [-0.15, -0.1) is 0 Å². The van der Waals surface area contributed by atoms with Crippen LogP contribution in [0.2, 0.25) is 0 Å². The third kappa shape index (κ3) is 1.82. The predicted molar refractivity (Wildman–Crippen MR) is 94.4 cm³/mol. The SMILES string of the molecule is C1=C(c2c3ccccc3nc3ccccc23)c2ccccc2[NH2+]1. The molecule has 1 aliphatic heterocycles. The van der Waals surface area contributed by atoms with E-state index in [1.807, 2.05) is 0 Å². The lowest BCUT2D eigenvalue weighted by Crippen LogP contribution is -2.69. The molecule has 2 heteroatoms. The largest absolute Gasteiger partial charge is 0.287 e. The van der Waals surface area contributed by atoms with Gasteiger partial charge in [0.05, 0.1) is 11.0 Å². The van der Waals surface area contributed by atoms with Gasteiger partial charge in [-0.25, -0.2) is 4.98 Å². The molecule has 2 nitrogen and oxygen atoms in total. The maximum absolute atomic E-state index is 4.83. The molecule has 0 radical (unpaired) electrons. The molecule has 2 heterocycles. The Morgan fingerprint density at radius 3 is 2.00 bits per heavy atom. The standard InChI is InChI=1S/C21H14N2/c1-4-10-18-14(7-1)17(13-22-18)21-15-8-2-5-11-19(15)23-20-12-6-3-9-16(20)21/h1-13,22H/p+1. The van der Waals surface area contributed by atoms with Crippen molar-refractivity contribution in [2.24, 2.45) is 0 Å². The number of fused-ring (bicyclic) bond motifs is 3. The maximum Gasteiger partial charge on any atom is 0.142 e. The molecule has 5 rings (SSSR count). The zero-order valence-electron chi connectivity index (χ0n) is 12.5. The van der Waals surface area contributed by atoms with Gasteiger partial charge in [-0.1, -0.05) is 48.5 Å². The van der Waals surface area contributed by atoms with Crippen molar-refractivity contribution in [1.82, 2.24) is 4.98 Å². The van der Waals surface area contributed by atoms with E-state index >= 15 is 0 Å². The van der Waals surface area contributed by atoms with E-state index in [1.54, 1.807) is 0 Å². The number of nitrogens with two attached hydrogens (primary N) is 1. The summed E-state index contributed by atoms with van der Waals surface area (Å²) in [6, 6.07) is 25.4. The first-order chi connectivity index (χ1) is 11.4. The monoisotopic (exact) mass is 295 g/mol. The lowest BCUT2D eigenvalue weighted by Gasteiger charge is -2.11. The molecule has 2 N–H and O–H groups in total. The minimum Gasteiger partial charge on any atom is -0.287 e. The Bertz CT molecular complexity index is 1040. The van der Waals surface area contributed by atoms with E-state index < -0.39 is 0 Å². The van der Waals surface area contributed by atoms with Gasteiger partial charge in [-0.2, -0.15) is 0 Å². The van der Waals surface area contributed by atoms with E-state index in [0.29, 0.717) is 0 Å². The molecular formula is C21H15N2+. The van der Waals surface area contributed by atoms with Crippen LogP contribution in [0, 0.1) is 0 Å². The van der Waals surface area contributed by atoms with E-state index in [2.05, 4.69) is 84.3 Å². The summed E-state index contributed by atoms with van der Waals surface area (Å²) in [5.74, 6) is 0. The summed E-state index contributed by atoms with van der Waals surface area (Å²) in [5, 5.41) is 4.62. The second-order valence-corrected chi connectivity index (χ2v) is 5.86. The van der Waals surface area contributed by atoms with Crippen LogP contribution in [0.5, 0.6) is 0 Å². The lowest BCUT2D eigenvalue weighted by atomic mass is 9.92. The van der Waals surface area contributed by atoms with Crippen molar-refractivity contribution in [1.29, 1.82) is 0 Å². The fraction of sp³-hybridized carbons (Fsp3) is 0. The average Bonchev–Trinajstić information content (AvgIpc) is 3.03. The average molecular weight is 295 g/mol. The molecule has 0 bridgehead atoms. The van der Waals surface area contributed by atoms with E-state index in [1.165, 1.54) is 33.2 Å². The van der Waals surface area contributed by atoms with Gasteiger partial charge in [-0.3, -0.25) is 5.32 Å². The number of hydrogen-bond acceptors (Lipinski definition) is 1. The Morgan fingerprint density at radius 1 is 0.652 bits per heavy atom. The van der Waals surface area contributed by atoms with E-state index in [0.717, 1.165) is 11.0 Å². The molecular weight excluding hydrogens is 280 g/mol. The molecule has 108 valence electrons. The van der Waals surface area contributed by atoms with Crippen molar-refractivity contribution in [3.8, 4) is 0 Å². The molecule has 23 heavy (non-hydrogen) atoms. The molecule has 0 fully saturated rings. The van der Waals surface area contributed by atoms with Crippen LogP contribution < -0.4 is 5.32 Å². The summed E-state index contributed by atoms with van der Waals surface area (Å²) in [4.78, 5) is 4.83. The van der Waals surface area contributed by atoms with Crippen LogP contribution in [0.25, 0.3) is 27.4 Å². The quantitative estimate of drug-likeness (QED) is 0.417. The highest BCUT2D eigenvalue weighted by Gasteiger charge is 2.23. The van der Waals surface area contributed by atoms with Crippen LogP contribution in [0.4, 0.5) is 5.69 Å². The lowest BCUT2D eigenvalue weighted by molar-refractivity contribution is -0.491. The fourth-order valence-corrected chi connectivity index (χ4v) is 3.50.